The average Bonchev–Trinajstić information content (AvgIpc) is 2.53. The zero-order valence-corrected chi connectivity index (χ0v) is 12.2. The van der Waals surface area contributed by atoms with E-state index in [1.54, 1.807) is 19.2 Å². The van der Waals surface area contributed by atoms with Gasteiger partial charge in [-0.3, -0.25) is 0 Å². The van der Waals surface area contributed by atoms with Crippen molar-refractivity contribution in [2.75, 3.05) is 19.0 Å². The highest BCUT2D eigenvalue weighted by atomic mass is 16.5. The third-order valence-corrected chi connectivity index (χ3v) is 2.87. The molecular formula is C15H19N3O3. The average molecular weight is 289 g/mol. The molecular weight excluding hydrogens is 270 g/mol. The second-order valence-electron chi connectivity index (χ2n) is 4.36. The number of rotatable bonds is 7. The van der Waals surface area contributed by atoms with Crippen molar-refractivity contribution in [1.82, 2.24) is 9.97 Å². The van der Waals surface area contributed by atoms with Crippen LogP contribution >= 0.6 is 0 Å². The zero-order chi connectivity index (χ0) is 15.1. The zero-order valence-electron chi connectivity index (χ0n) is 12.2. The van der Waals surface area contributed by atoms with Crippen molar-refractivity contribution in [3.63, 3.8) is 0 Å². The van der Waals surface area contributed by atoms with E-state index < -0.39 is 0 Å². The lowest BCUT2D eigenvalue weighted by molar-refractivity contribution is 0.275. The van der Waals surface area contributed by atoms with Crippen molar-refractivity contribution >= 4 is 5.82 Å². The Hall–Kier alpha value is -2.34. The maximum atomic E-state index is 9.34. The molecule has 2 N–H and O–H groups in total. The number of hydrogen-bond donors (Lipinski definition) is 2. The molecule has 112 valence electrons. The summed E-state index contributed by atoms with van der Waals surface area (Å²) in [5.74, 6) is 1.88. The van der Waals surface area contributed by atoms with E-state index in [2.05, 4.69) is 22.2 Å². The van der Waals surface area contributed by atoms with Crippen molar-refractivity contribution in [3.05, 3.63) is 36.2 Å². The van der Waals surface area contributed by atoms with E-state index in [-0.39, 0.29) is 6.61 Å². The van der Waals surface area contributed by atoms with Crippen molar-refractivity contribution < 1.29 is 14.6 Å². The predicted molar refractivity (Wildman–Crippen MR) is 79.8 cm³/mol. The highest BCUT2D eigenvalue weighted by molar-refractivity contribution is 5.56. The minimum Gasteiger partial charge on any atom is -0.489 e. The molecule has 0 amide bonds. The summed E-state index contributed by atoms with van der Waals surface area (Å²) in [4.78, 5) is 8.26. The standard InChI is InChI=1S/C15H19N3O3/c1-3-8-16-14-13(20-2)15(18-10-17-14)21-12-7-5-4-6-11(12)9-19/h4-7,10,19H,3,8-9H2,1-2H3,(H,16,17,18). The molecule has 1 heterocycles. The van der Waals surface area contributed by atoms with Gasteiger partial charge < -0.3 is 19.9 Å². The molecule has 0 aliphatic carbocycles. The van der Waals surface area contributed by atoms with Gasteiger partial charge in [0.05, 0.1) is 13.7 Å². The Morgan fingerprint density at radius 2 is 2.05 bits per heavy atom. The SMILES string of the molecule is CCCNc1ncnc(Oc2ccccc2CO)c1OC. The fourth-order valence-corrected chi connectivity index (χ4v) is 1.82. The molecule has 0 spiro atoms. The normalized spacial score (nSPS) is 10.2. The van der Waals surface area contributed by atoms with Crippen LogP contribution < -0.4 is 14.8 Å². The molecule has 0 saturated heterocycles. The second-order valence-corrected chi connectivity index (χ2v) is 4.36. The minimum absolute atomic E-state index is 0.107. The lowest BCUT2D eigenvalue weighted by Gasteiger charge is -2.14. The first kappa shape index (κ1) is 15.1. The van der Waals surface area contributed by atoms with Crippen LogP contribution in [-0.4, -0.2) is 28.7 Å². The number of benzene rings is 1. The Labute approximate surface area is 123 Å². The van der Waals surface area contributed by atoms with Crippen molar-refractivity contribution in [3.8, 4) is 17.4 Å². The first-order valence-electron chi connectivity index (χ1n) is 6.79. The van der Waals surface area contributed by atoms with Crippen LogP contribution in [0.4, 0.5) is 5.82 Å². The number of anilines is 1. The quantitative estimate of drug-likeness (QED) is 0.816. The van der Waals surface area contributed by atoms with E-state index in [0.717, 1.165) is 13.0 Å². The maximum Gasteiger partial charge on any atom is 0.268 e. The molecule has 2 rings (SSSR count). The van der Waals surface area contributed by atoms with E-state index in [9.17, 15) is 5.11 Å². The summed E-state index contributed by atoms with van der Waals surface area (Å²) in [5, 5.41) is 12.5. The number of aromatic nitrogens is 2. The number of aliphatic hydroxyl groups excluding tert-OH is 1. The lowest BCUT2D eigenvalue weighted by atomic mass is 10.2. The van der Waals surface area contributed by atoms with Gasteiger partial charge in [0, 0.05) is 12.1 Å². The molecule has 0 radical (unpaired) electrons. The highest BCUT2D eigenvalue weighted by Gasteiger charge is 2.15. The number of hydrogen-bond acceptors (Lipinski definition) is 6. The lowest BCUT2D eigenvalue weighted by Crippen LogP contribution is -2.06. The van der Waals surface area contributed by atoms with Crippen LogP contribution in [0.25, 0.3) is 0 Å². The van der Waals surface area contributed by atoms with Crippen molar-refractivity contribution in [2.45, 2.75) is 20.0 Å². The van der Waals surface area contributed by atoms with E-state index in [1.807, 2.05) is 12.1 Å². The van der Waals surface area contributed by atoms with Gasteiger partial charge in [-0.15, -0.1) is 0 Å². The molecule has 0 unspecified atom stereocenters. The van der Waals surface area contributed by atoms with E-state index >= 15 is 0 Å². The maximum absolute atomic E-state index is 9.34. The summed E-state index contributed by atoms with van der Waals surface area (Å²) in [6.45, 7) is 2.74. The van der Waals surface area contributed by atoms with Crippen LogP contribution in [0.15, 0.2) is 30.6 Å². The molecule has 1 aromatic heterocycles. The van der Waals surface area contributed by atoms with Crippen LogP contribution in [0.2, 0.25) is 0 Å². The topological polar surface area (TPSA) is 76.5 Å². The van der Waals surface area contributed by atoms with Crippen LogP contribution in [0.3, 0.4) is 0 Å². The van der Waals surface area contributed by atoms with E-state index in [1.165, 1.54) is 6.33 Å². The molecule has 1 aromatic carbocycles. The van der Waals surface area contributed by atoms with Crippen molar-refractivity contribution in [1.29, 1.82) is 0 Å². The molecule has 0 fully saturated rings. The summed E-state index contributed by atoms with van der Waals surface area (Å²) < 4.78 is 11.1. The Bertz CT molecular complexity index is 590. The number of nitrogens with one attached hydrogen (secondary N) is 1. The summed E-state index contributed by atoms with van der Waals surface area (Å²) in [6, 6.07) is 7.23. The molecule has 0 atom stereocenters. The molecule has 0 aliphatic heterocycles. The first-order valence-corrected chi connectivity index (χ1v) is 6.79. The molecule has 6 heteroatoms. The summed E-state index contributed by atoms with van der Waals surface area (Å²) in [7, 11) is 1.54. The number of ether oxygens (including phenoxy) is 2. The monoisotopic (exact) mass is 289 g/mol. The van der Waals surface area contributed by atoms with E-state index in [0.29, 0.717) is 28.8 Å². The molecule has 0 bridgehead atoms. The van der Waals surface area contributed by atoms with Gasteiger partial charge in [-0.25, -0.2) is 4.98 Å². The first-order chi connectivity index (χ1) is 10.3. The molecule has 6 nitrogen and oxygen atoms in total. The van der Waals surface area contributed by atoms with Gasteiger partial charge >= 0.3 is 0 Å². The summed E-state index contributed by atoms with van der Waals surface area (Å²) >= 11 is 0. The number of methoxy groups -OCH3 is 1. The van der Waals surface area contributed by atoms with Gasteiger partial charge in [0.2, 0.25) is 5.75 Å². The third kappa shape index (κ3) is 3.61. The molecule has 2 aromatic rings. The Kier molecular flexibility index (Phi) is 5.34. The number of nitrogens with zero attached hydrogens (tertiary/aromatic N) is 2. The summed E-state index contributed by atoms with van der Waals surface area (Å²) in [5.41, 5.74) is 0.682. The van der Waals surface area contributed by atoms with Gasteiger partial charge in [-0.1, -0.05) is 25.1 Å². The smallest absolute Gasteiger partial charge is 0.268 e. The fourth-order valence-electron chi connectivity index (χ4n) is 1.82. The van der Waals surface area contributed by atoms with Crippen LogP contribution in [0.1, 0.15) is 18.9 Å². The van der Waals surface area contributed by atoms with E-state index in [4.69, 9.17) is 9.47 Å². The third-order valence-electron chi connectivity index (χ3n) is 2.87. The van der Waals surface area contributed by atoms with Gasteiger partial charge in [0.15, 0.2) is 5.82 Å². The fraction of sp³-hybridized carbons (Fsp3) is 0.333. The molecule has 0 saturated carbocycles. The minimum atomic E-state index is -0.107. The van der Waals surface area contributed by atoms with Crippen molar-refractivity contribution in [2.24, 2.45) is 0 Å². The van der Waals surface area contributed by atoms with Gasteiger partial charge in [-0.05, 0) is 12.5 Å². The van der Waals surface area contributed by atoms with Gasteiger partial charge in [0.1, 0.15) is 12.1 Å². The largest absolute Gasteiger partial charge is 0.489 e. The van der Waals surface area contributed by atoms with Gasteiger partial charge in [-0.2, -0.15) is 4.98 Å². The Morgan fingerprint density at radius 3 is 2.76 bits per heavy atom. The Morgan fingerprint density at radius 1 is 1.24 bits per heavy atom. The Balaban J connectivity index is 2.31. The highest BCUT2D eigenvalue weighted by Crippen LogP contribution is 2.35. The van der Waals surface area contributed by atoms with Crippen LogP contribution in [0, 0.1) is 0 Å². The predicted octanol–water partition coefficient (Wildman–Crippen LogP) is 2.59. The number of aliphatic hydroxyl groups is 1. The number of para-hydroxylation sites is 1. The van der Waals surface area contributed by atoms with Crippen LogP contribution in [0.5, 0.6) is 17.4 Å². The second kappa shape index (κ2) is 7.44. The van der Waals surface area contributed by atoms with Crippen LogP contribution in [-0.2, 0) is 6.61 Å². The summed E-state index contributed by atoms with van der Waals surface area (Å²) in [6.07, 6.45) is 2.38. The molecule has 0 aliphatic rings. The van der Waals surface area contributed by atoms with Gasteiger partial charge in [0.25, 0.3) is 5.88 Å². The molecule has 21 heavy (non-hydrogen) atoms.